The fourth-order valence-corrected chi connectivity index (χ4v) is 2.35. The van der Waals surface area contributed by atoms with Crippen molar-refractivity contribution in [3.8, 4) is 0 Å². The maximum absolute atomic E-state index is 12.8. The van der Waals surface area contributed by atoms with Gasteiger partial charge in [0.2, 0.25) is 0 Å². The van der Waals surface area contributed by atoms with E-state index in [-0.39, 0.29) is 24.5 Å². The average molecular weight is 337 g/mol. The third kappa shape index (κ3) is 5.23. The zero-order valence-electron chi connectivity index (χ0n) is 12.7. The monoisotopic (exact) mass is 336 g/mol. The Bertz CT molecular complexity index is 649. The largest absolute Gasteiger partial charge is 0.375 e. The number of hydrogen-bond acceptors (Lipinski definition) is 2. The molecule has 0 saturated carbocycles. The molecule has 0 aliphatic carbocycles. The Morgan fingerprint density at radius 1 is 1.17 bits per heavy atom. The molecule has 2 rings (SSSR count). The van der Waals surface area contributed by atoms with Crippen LogP contribution in [0.15, 0.2) is 48.5 Å². The van der Waals surface area contributed by atoms with E-state index < -0.39 is 0 Å². The quantitative estimate of drug-likeness (QED) is 0.845. The second-order valence-electron chi connectivity index (χ2n) is 4.94. The van der Waals surface area contributed by atoms with Gasteiger partial charge in [0.05, 0.1) is 0 Å². The lowest BCUT2D eigenvalue weighted by Crippen LogP contribution is -2.37. The van der Waals surface area contributed by atoms with Crippen molar-refractivity contribution in [1.29, 1.82) is 0 Å². The molecule has 0 aliphatic rings. The number of carbonyl (C=O) groups excluding carboxylic acids is 1. The van der Waals surface area contributed by atoms with Crippen LogP contribution in [0.5, 0.6) is 0 Å². The van der Waals surface area contributed by atoms with Gasteiger partial charge in [-0.3, -0.25) is 0 Å². The summed E-state index contributed by atoms with van der Waals surface area (Å²) >= 11 is 6.13. The van der Waals surface area contributed by atoms with E-state index in [1.165, 1.54) is 12.1 Å². The lowest BCUT2D eigenvalue weighted by molar-refractivity contribution is 0.104. The maximum atomic E-state index is 12.8. The smallest absolute Gasteiger partial charge is 0.315 e. The van der Waals surface area contributed by atoms with Crippen LogP contribution in [0, 0.1) is 5.82 Å². The van der Waals surface area contributed by atoms with Gasteiger partial charge in [-0.1, -0.05) is 41.9 Å². The second kappa shape index (κ2) is 8.50. The molecule has 2 aromatic rings. The highest BCUT2D eigenvalue weighted by molar-refractivity contribution is 6.31. The van der Waals surface area contributed by atoms with Gasteiger partial charge in [-0.2, -0.15) is 0 Å². The maximum Gasteiger partial charge on any atom is 0.315 e. The molecule has 2 amide bonds. The van der Waals surface area contributed by atoms with Gasteiger partial charge in [0.15, 0.2) is 0 Å². The van der Waals surface area contributed by atoms with Crippen LogP contribution < -0.4 is 10.6 Å². The van der Waals surface area contributed by atoms with E-state index in [2.05, 4.69) is 10.6 Å². The van der Waals surface area contributed by atoms with Crippen LogP contribution in [0.1, 0.15) is 17.2 Å². The predicted octanol–water partition coefficient (Wildman–Crippen LogP) is 3.67. The van der Waals surface area contributed by atoms with Crippen LogP contribution in [0.25, 0.3) is 0 Å². The summed E-state index contributed by atoms with van der Waals surface area (Å²) in [6.07, 6.45) is -0.333. The highest BCUT2D eigenvalue weighted by Crippen LogP contribution is 2.24. The minimum Gasteiger partial charge on any atom is -0.375 e. The van der Waals surface area contributed by atoms with E-state index in [4.69, 9.17) is 16.3 Å². The zero-order valence-corrected chi connectivity index (χ0v) is 13.4. The summed E-state index contributed by atoms with van der Waals surface area (Å²) in [5, 5.41) is 6.03. The molecule has 4 nitrogen and oxygen atoms in total. The number of nitrogens with one attached hydrogen (secondary N) is 2. The summed E-state index contributed by atoms with van der Waals surface area (Å²) in [5.74, 6) is -0.305. The minimum absolute atomic E-state index is 0.287. The topological polar surface area (TPSA) is 50.4 Å². The third-order valence-electron chi connectivity index (χ3n) is 3.35. The second-order valence-corrected chi connectivity index (χ2v) is 5.34. The number of carbonyl (C=O) groups is 1. The van der Waals surface area contributed by atoms with Crippen molar-refractivity contribution < 1.29 is 13.9 Å². The number of rotatable bonds is 6. The first-order chi connectivity index (χ1) is 11.1. The van der Waals surface area contributed by atoms with Crippen LogP contribution in [0.3, 0.4) is 0 Å². The number of urea groups is 1. The fraction of sp³-hybridized carbons (Fsp3) is 0.235. The van der Waals surface area contributed by atoms with E-state index in [9.17, 15) is 9.18 Å². The van der Waals surface area contributed by atoms with Crippen molar-refractivity contribution in [2.75, 3.05) is 13.7 Å². The molecule has 0 heterocycles. The Kier molecular flexibility index (Phi) is 6.38. The van der Waals surface area contributed by atoms with Gasteiger partial charge < -0.3 is 15.4 Å². The molecule has 23 heavy (non-hydrogen) atoms. The Labute approximate surface area is 139 Å². The van der Waals surface area contributed by atoms with Gasteiger partial charge in [-0.25, -0.2) is 9.18 Å². The summed E-state index contributed by atoms with van der Waals surface area (Å²) in [6.45, 7) is 0.603. The van der Waals surface area contributed by atoms with Crippen molar-refractivity contribution in [1.82, 2.24) is 10.6 Å². The number of halogens is 2. The summed E-state index contributed by atoms with van der Waals surface area (Å²) < 4.78 is 18.2. The molecule has 0 aromatic heterocycles. The van der Waals surface area contributed by atoms with Crippen LogP contribution in [-0.4, -0.2) is 19.7 Å². The van der Waals surface area contributed by atoms with Crippen LogP contribution in [0.2, 0.25) is 5.02 Å². The highest BCUT2D eigenvalue weighted by atomic mass is 35.5. The molecule has 0 bridgehead atoms. The molecule has 0 aliphatic heterocycles. The van der Waals surface area contributed by atoms with Crippen LogP contribution in [-0.2, 0) is 11.3 Å². The van der Waals surface area contributed by atoms with E-state index in [1.807, 2.05) is 18.2 Å². The summed E-state index contributed by atoms with van der Waals surface area (Å²) in [5.41, 5.74) is 1.63. The minimum atomic E-state index is -0.333. The predicted molar refractivity (Wildman–Crippen MR) is 87.8 cm³/mol. The standard InChI is InChI=1S/C17H18ClFN2O2/c1-23-16(14-4-2-3-5-15(14)18)11-21-17(22)20-10-12-6-8-13(19)9-7-12/h2-9,16H,10-11H2,1H3,(H2,20,21,22)/t16-/m0/s1. The van der Waals surface area contributed by atoms with Gasteiger partial charge >= 0.3 is 6.03 Å². The van der Waals surface area contributed by atoms with E-state index in [1.54, 1.807) is 25.3 Å². The summed E-state index contributed by atoms with van der Waals surface area (Å²) in [6, 6.07) is 13.0. The van der Waals surface area contributed by atoms with E-state index in [0.29, 0.717) is 11.6 Å². The molecule has 2 N–H and O–H groups in total. The third-order valence-corrected chi connectivity index (χ3v) is 3.70. The molecular formula is C17H18ClFN2O2. The van der Waals surface area contributed by atoms with Crippen molar-refractivity contribution >= 4 is 17.6 Å². The van der Waals surface area contributed by atoms with Gasteiger partial charge in [0.1, 0.15) is 11.9 Å². The van der Waals surface area contributed by atoms with E-state index in [0.717, 1.165) is 11.1 Å². The van der Waals surface area contributed by atoms with Crippen LogP contribution in [0.4, 0.5) is 9.18 Å². The summed E-state index contributed by atoms with van der Waals surface area (Å²) in [4.78, 5) is 11.8. The molecule has 0 saturated heterocycles. The molecule has 0 radical (unpaired) electrons. The molecule has 0 spiro atoms. The van der Waals surface area contributed by atoms with Crippen molar-refractivity contribution in [3.05, 3.63) is 70.5 Å². The molecule has 6 heteroatoms. The first-order valence-electron chi connectivity index (χ1n) is 7.13. The van der Waals surface area contributed by atoms with E-state index >= 15 is 0 Å². The molecule has 0 fully saturated rings. The Morgan fingerprint density at radius 2 is 1.87 bits per heavy atom. The number of methoxy groups -OCH3 is 1. The number of hydrogen-bond donors (Lipinski definition) is 2. The van der Waals surface area contributed by atoms with Crippen molar-refractivity contribution in [2.45, 2.75) is 12.6 Å². The van der Waals surface area contributed by atoms with Gasteiger partial charge in [0.25, 0.3) is 0 Å². The molecule has 2 aromatic carbocycles. The molecule has 122 valence electrons. The normalized spacial score (nSPS) is 11.8. The van der Waals surface area contributed by atoms with Gasteiger partial charge in [-0.05, 0) is 23.8 Å². The SMILES string of the molecule is CO[C@@H](CNC(=O)NCc1ccc(F)cc1)c1ccccc1Cl. The van der Waals surface area contributed by atoms with Gasteiger partial charge in [0, 0.05) is 30.8 Å². The van der Waals surface area contributed by atoms with Crippen LogP contribution >= 0.6 is 11.6 Å². The summed E-state index contributed by atoms with van der Waals surface area (Å²) in [7, 11) is 1.56. The van der Waals surface area contributed by atoms with Gasteiger partial charge in [-0.15, -0.1) is 0 Å². The molecule has 0 unspecified atom stereocenters. The first-order valence-corrected chi connectivity index (χ1v) is 7.51. The first kappa shape index (κ1) is 17.2. The highest BCUT2D eigenvalue weighted by Gasteiger charge is 2.14. The number of benzene rings is 2. The lowest BCUT2D eigenvalue weighted by atomic mass is 10.1. The Hall–Kier alpha value is -2.11. The zero-order chi connectivity index (χ0) is 16.7. The molecular weight excluding hydrogens is 319 g/mol. The lowest BCUT2D eigenvalue weighted by Gasteiger charge is -2.18. The van der Waals surface area contributed by atoms with Crippen molar-refractivity contribution in [2.24, 2.45) is 0 Å². The number of ether oxygens (including phenoxy) is 1. The average Bonchev–Trinajstić information content (AvgIpc) is 2.56. The Morgan fingerprint density at radius 3 is 2.52 bits per heavy atom. The Balaban J connectivity index is 1.83. The molecule has 1 atom stereocenters. The fourth-order valence-electron chi connectivity index (χ4n) is 2.09. The number of amides is 2. The van der Waals surface area contributed by atoms with Crippen molar-refractivity contribution in [3.63, 3.8) is 0 Å².